The van der Waals surface area contributed by atoms with Gasteiger partial charge in [-0.15, -0.1) is 0 Å². The van der Waals surface area contributed by atoms with Crippen molar-refractivity contribution in [3.05, 3.63) is 33.3 Å². The highest BCUT2D eigenvalue weighted by molar-refractivity contribution is 9.10. The standard InChI is InChI=1S/C13H20BrN5/c1-5-11-13(14)12(18(4)17-11)8-19-7-10(6-15-3)9(2)16-19/h7,15H,5-6,8H2,1-4H3. The van der Waals surface area contributed by atoms with Gasteiger partial charge in [0.2, 0.25) is 0 Å². The molecule has 2 rings (SSSR count). The Labute approximate surface area is 122 Å². The van der Waals surface area contributed by atoms with Crippen LogP contribution in [-0.2, 0) is 26.6 Å². The zero-order valence-corrected chi connectivity index (χ0v) is 13.5. The highest BCUT2D eigenvalue weighted by atomic mass is 79.9. The van der Waals surface area contributed by atoms with Crippen LogP contribution in [0.1, 0.15) is 29.6 Å². The number of aryl methyl sites for hydroxylation is 3. The van der Waals surface area contributed by atoms with Gasteiger partial charge < -0.3 is 5.32 Å². The molecule has 0 aliphatic rings. The molecule has 0 atom stereocenters. The Kier molecular flexibility index (Phi) is 4.42. The lowest BCUT2D eigenvalue weighted by molar-refractivity contribution is 0.612. The van der Waals surface area contributed by atoms with Crippen molar-refractivity contribution in [3.63, 3.8) is 0 Å². The number of hydrogen-bond donors (Lipinski definition) is 1. The number of nitrogens with zero attached hydrogens (tertiary/aromatic N) is 4. The molecule has 1 N–H and O–H groups in total. The molecule has 2 aromatic heterocycles. The second-order valence-electron chi connectivity index (χ2n) is 4.65. The van der Waals surface area contributed by atoms with Crippen LogP contribution in [-0.4, -0.2) is 26.6 Å². The predicted octanol–water partition coefficient (Wildman–Crippen LogP) is 2.02. The summed E-state index contributed by atoms with van der Waals surface area (Å²) in [5, 5.41) is 12.2. The molecule has 0 bridgehead atoms. The van der Waals surface area contributed by atoms with E-state index >= 15 is 0 Å². The molecule has 0 spiro atoms. The van der Waals surface area contributed by atoms with E-state index in [-0.39, 0.29) is 0 Å². The van der Waals surface area contributed by atoms with Crippen molar-refractivity contribution in [1.82, 2.24) is 24.9 Å². The highest BCUT2D eigenvalue weighted by Crippen LogP contribution is 2.22. The van der Waals surface area contributed by atoms with Gasteiger partial charge in [-0.05, 0) is 36.3 Å². The summed E-state index contributed by atoms with van der Waals surface area (Å²) in [6.45, 7) is 5.73. The molecule has 2 aromatic rings. The fourth-order valence-electron chi connectivity index (χ4n) is 2.15. The zero-order valence-electron chi connectivity index (χ0n) is 11.9. The molecule has 0 saturated carbocycles. The maximum absolute atomic E-state index is 4.56. The fraction of sp³-hybridized carbons (Fsp3) is 0.538. The van der Waals surface area contributed by atoms with E-state index in [1.807, 2.05) is 30.4 Å². The van der Waals surface area contributed by atoms with Crippen molar-refractivity contribution >= 4 is 15.9 Å². The summed E-state index contributed by atoms with van der Waals surface area (Å²) in [7, 11) is 3.92. The molecule has 0 unspecified atom stereocenters. The number of aromatic nitrogens is 4. The molecular weight excluding hydrogens is 306 g/mol. The number of nitrogens with one attached hydrogen (secondary N) is 1. The third-order valence-corrected chi connectivity index (χ3v) is 4.15. The first-order valence-electron chi connectivity index (χ1n) is 6.44. The van der Waals surface area contributed by atoms with Gasteiger partial charge in [-0.2, -0.15) is 10.2 Å². The van der Waals surface area contributed by atoms with Gasteiger partial charge in [0.1, 0.15) is 0 Å². The van der Waals surface area contributed by atoms with Gasteiger partial charge in [0.15, 0.2) is 0 Å². The minimum Gasteiger partial charge on any atom is -0.316 e. The van der Waals surface area contributed by atoms with E-state index in [1.54, 1.807) is 0 Å². The third kappa shape index (κ3) is 2.90. The monoisotopic (exact) mass is 325 g/mol. The lowest BCUT2D eigenvalue weighted by Crippen LogP contribution is -2.07. The molecule has 6 heteroatoms. The van der Waals surface area contributed by atoms with Crippen molar-refractivity contribution in [2.24, 2.45) is 7.05 Å². The Morgan fingerprint density at radius 1 is 1.37 bits per heavy atom. The summed E-state index contributed by atoms with van der Waals surface area (Å²) in [5.41, 5.74) is 4.55. The van der Waals surface area contributed by atoms with Crippen LogP contribution >= 0.6 is 15.9 Å². The summed E-state index contributed by atoms with van der Waals surface area (Å²) in [6.07, 6.45) is 3.02. The lowest BCUT2D eigenvalue weighted by atomic mass is 10.2. The molecule has 0 fully saturated rings. The second kappa shape index (κ2) is 5.88. The Bertz CT molecular complexity index is 570. The largest absolute Gasteiger partial charge is 0.316 e. The van der Waals surface area contributed by atoms with Crippen molar-refractivity contribution in [2.45, 2.75) is 33.4 Å². The highest BCUT2D eigenvalue weighted by Gasteiger charge is 2.14. The Balaban J connectivity index is 2.26. The van der Waals surface area contributed by atoms with Crippen molar-refractivity contribution in [3.8, 4) is 0 Å². The minimum absolute atomic E-state index is 0.731. The molecule has 0 amide bonds. The molecule has 0 radical (unpaired) electrons. The second-order valence-corrected chi connectivity index (χ2v) is 5.45. The number of halogens is 1. The van der Waals surface area contributed by atoms with E-state index in [9.17, 15) is 0 Å². The SMILES string of the molecule is CCc1nn(C)c(Cn2cc(CNC)c(C)n2)c1Br. The summed E-state index contributed by atoms with van der Waals surface area (Å²) in [5.74, 6) is 0. The minimum atomic E-state index is 0.731. The van der Waals surface area contributed by atoms with Crippen LogP contribution in [0.15, 0.2) is 10.7 Å². The summed E-state index contributed by atoms with van der Waals surface area (Å²) in [4.78, 5) is 0. The van der Waals surface area contributed by atoms with Gasteiger partial charge in [-0.3, -0.25) is 9.36 Å². The summed E-state index contributed by atoms with van der Waals surface area (Å²) >= 11 is 3.64. The van der Waals surface area contributed by atoms with E-state index in [0.717, 1.165) is 41.1 Å². The maximum atomic E-state index is 4.56. The normalized spacial score (nSPS) is 11.2. The van der Waals surface area contributed by atoms with E-state index in [4.69, 9.17) is 0 Å². The van der Waals surface area contributed by atoms with Crippen LogP contribution in [0.4, 0.5) is 0 Å². The average Bonchev–Trinajstić information content (AvgIpc) is 2.85. The Morgan fingerprint density at radius 3 is 2.68 bits per heavy atom. The first-order valence-corrected chi connectivity index (χ1v) is 7.23. The summed E-state index contributed by atoms with van der Waals surface area (Å²) < 4.78 is 5.00. The topological polar surface area (TPSA) is 47.7 Å². The average molecular weight is 326 g/mol. The molecule has 0 aromatic carbocycles. The van der Waals surface area contributed by atoms with E-state index in [1.165, 1.54) is 5.56 Å². The maximum Gasteiger partial charge on any atom is 0.0839 e. The van der Waals surface area contributed by atoms with Gasteiger partial charge in [0.05, 0.1) is 28.1 Å². The molecule has 104 valence electrons. The smallest absolute Gasteiger partial charge is 0.0839 e. The van der Waals surface area contributed by atoms with E-state index in [0.29, 0.717) is 0 Å². The van der Waals surface area contributed by atoms with Crippen LogP contribution in [0.25, 0.3) is 0 Å². The van der Waals surface area contributed by atoms with Gasteiger partial charge in [0, 0.05) is 25.4 Å². The molecular formula is C13H20BrN5. The van der Waals surface area contributed by atoms with Gasteiger partial charge in [-0.25, -0.2) is 0 Å². The van der Waals surface area contributed by atoms with Crippen molar-refractivity contribution in [2.75, 3.05) is 7.05 Å². The quantitative estimate of drug-likeness (QED) is 0.914. The van der Waals surface area contributed by atoms with Gasteiger partial charge in [-0.1, -0.05) is 6.92 Å². The number of hydrogen-bond acceptors (Lipinski definition) is 3. The van der Waals surface area contributed by atoms with Crippen LogP contribution in [0, 0.1) is 6.92 Å². The van der Waals surface area contributed by atoms with Crippen molar-refractivity contribution < 1.29 is 0 Å². The molecule has 0 saturated heterocycles. The molecule has 5 nitrogen and oxygen atoms in total. The third-order valence-electron chi connectivity index (χ3n) is 3.23. The van der Waals surface area contributed by atoms with Gasteiger partial charge in [0.25, 0.3) is 0 Å². The van der Waals surface area contributed by atoms with Crippen molar-refractivity contribution in [1.29, 1.82) is 0 Å². The van der Waals surface area contributed by atoms with Gasteiger partial charge >= 0.3 is 0 Å². The first-order chi connectivity index (χ1) is 9.06. The Morgan fingerprint density at radius 2 is 2.11 bits per heavy atom. The van der Waals surface area contributed by atoms with Crippen LogP contribution < -0.4 is 5.32 Å². The molecule has 0 aliphatic carbocycles. The fourth-order valence-corrected chi connectivity index (χ4v) is 2.89. The molecule has 19 heavy (non-hydrogen) atoms. The van der Waals surface area contributed by atoms with E-state index < -0.39 is 0 Å². The Hall–Kier alpha value is -1.14. The lowest BCUT2D eigenvalue weighted by Gasteiger charge is -2.03. The van der Waals surface area contributed by atoms with E-state index in [2.05, 4.69) is 44.6 Å². The first kappa shape index (κ1) is 14.3. The number of rotatable bonds is 5. The molecule has 2 heterocycles. The molecule has 0 aliphatic heterocycles. The van der Waals surface area contributed by atoms with Crippen LogP contribution in [0.3, 0.4) is 0 Å². The predicted molar refractivity (Wildman–Crippen MR) is 79.1 cm³/mol. The van der Waals surface area contributed by atoms with Crippen LogP contribution in [0.2, 0.25) is 0 Å². The van der Waals surface area contributed by atoms with Crippen LogP contribution in [0.5, 0.6) is 0 Å². The zero-order chi connectivity index (χ0) is 14.0. The summed E-state index contributed by atoms with van der Waals surface area (Å²) in [6, 6.07) is 0.